The molecular formula is C15H15F3N2O4S. The second-order valence-corrected chi connectivity index (χ2v) is 6.31. The number of aromatic amines is 1. The average molecular weight is 376 g/mol. The highest BCUT2D eigenvalue weighted by molar-refractivity contribution is 7.71. The number of nitrogens with one attached hydrogen (secondary N) is 1. The molecule has 1 aliphatic heterocycles. The number of hydrogen-bond donors (Lipinski definition) is 4. The van der Waals surface area contributed by atoms with Gasteiger partial charge in [0.1, 0.15) is 40.4 Å². The Balaban J connectivity index is 2.12. The Morgan fingerprint density at radius 2 is 1.96 bits per heavy atom. The van der Waals surface area contributed by atoms with Crippen molar-refractivity contribution in [1.29, 1.82) is 0 Å². The monoisotopic (exact) mass is 376 g/mol. The molecule has 2 aromatic heterocycles. The molecule has 0 aromatic carbocycles. The van der Waals surface area contributed by atoms with Crippen LogP contribution in [0.15, 0.2) is 12.1 Å². The third-order valence-corrected chi connectivity index (χ3v) is 4.54. The summed E-state index contributed by atoms with van der Waals surface area (Å²) in [5.74, 6) is 0. The van der Waals surface area contributed by atoms with E-state index in [1.165, 1.54) is 13.0 Å². The maximum atomic E-state index is 12.9. The minimum atomic E-state index is -4.59. The van der Waals surface area contributed by atoms with Crippen molar-refractivity contribution in [2.45, 2.75) is 37.5 Å². The third-order valence-electron chi connectivity index (χ3n) is 4.20. The Kier molecular flexibility index (Phi) is 4.58. The number of aliphatic hydroxyl groups is 3. The lowest BCUT2D eigenvalue weighted by Crippen LogP contribution is -2.32. The number of alkyl halides is 3. The Morgan fingerprint density at radius 3 is 2.52 bits per heavy atom. The molecule has 0 radical (unpaired) electrons. The van der Waals surface area contributed by atoms with Gasteiger partial charge in [-0.1, -0.05) is 12.2 Å². The van der Waals surface area contributed by atoms with Crippen molar-refractivity contribution in [3.63, 3.8) is 0 Å². The van der Waals surface area contributed by atoms with Crippen molar-refractivity contribution in [3.8, 4) is 0 Å². The molecule has 3 rings (SSSR count). The summed E-state index contributed by atoms with van der Waals surface area (Å²) in [6.07, 6.45) is -9.20. The van der Waals surface area contributed by atoms with E-state index in [0.29, 0.717) is 16.5 Å². The SMILES string of the molecule is Cc1cc(C(F)(F)F)nc2[nH]c(=S)c([C@@H]3O[C@H](CO)C(O)C3O)cc12. The lowest BCUT2D eigenvalue weighted by atomic mass is 10.0. The maximum absolute atomic E-state index is 12.9. The molecule has 25 heavy (non-hydrogen) atoms. The molecule has 0 bridgehead atoms. The molecule has 1 aliphatic rings. The number of pyridine rings is 2. The van der Waals surface area contributed by atoms with Gasteiger partial charge in [-0.25, -0.2) is 4.98 Å². The van der Waals surface area contributed by atoms with E-state index in [1.807, 2.05) is 0 Å². The number of rotatable bonds is 2. The van der Waals surface area contributed by atoms with Crippen LogP contribution in [-0.2, 0) is 10.9 Å². The normalized spacial score (nSPS) is 27.2. The molecule has 4 N–H and O–H groups in total. The van der Waals surface area contributed by atoms with Crippen LogP contribution < -0.4 is 0 Å². The number of fused-ring (bicyclic) bond motifs is 1. The summed E-state index contributed by atoms with van der Waals surface area (Å²) in [7, 11) is 0. The van der Waals surface area contributed by atoms with Crippen molar-refractivity contribution in [2.24, 2.45) is 0 Å². The number of H-pyrrole nitrogens is 1. The number of aliphatic hydroxyl groups excluding tert-OH is 3. The minimum absolute atomic E-state index is 0.0344. The zero-order valence-electron chi connectivity index (χ0n) is 12.9. The van der Waals surface area contributed by atoms with Gasteiger partial charge in [0.25, 0.3) is 0 Å². The number of aromatic nitrogens is 2. The predicted molar refractivity (Wildman–Crippen MR) is 83.4 cm³/mol. The van der Waals surface area contributed by atoms with Crippen LogP contribution in [0, 0.1) is 11.6 Å². The highest BCUT2D eigenvalue weighted by atomic mass is 32.1. The molecule has 10 heteroatoms. The van der Waals surface area contributed by atoms with Crippen molar-refractivity contribution >= 4 is 23.3 Å². The van der Waals surface area contributed by atoms with Crippen LogP contribution in [0.3, 0.4) is 0 Å². The number of hydrogen-bond acceptors (Lipinski definition) is 6. The standard InChI is InChI=1S/C15H15F3N2O4S/c1-5-2-9(15(16,17)18)19-13-6(5)3-7(14(25)20-13)12-11(23)10(22)8(4-21)24-12/h2-3,8,10-12,21-23H,4H2,1H3,(H,19,20,25)/t8-,10?,11?,12+/m1/s1. The number of ether oxygens (including phenoxy) is 1. The maximum Gasteiger partial charge on any atom is 0.433 e. The first kappa shape index (κ1) is 18.2. The lowest BCUT2D eigenvalue weighted by Gasteiger charge is -2.17. The molecule has 6 nitrogen and oxygen atoms in total. The van der Waals surface area contributed by atoms with Gasteiger partial charge in [0.05, 0.1) is 6.61 Å². The Morgan fingerprint density at radius 1 is 1.28 bits per heavy atom. The van der Waals surface area contributed by atoms with Gasteiger partial charge in [-0.3, -0.25) is 0 Å². The molecule has 0 spiro atoms. The molecule has 1 saturated heterocycles. The summed E-state index contributed by atoms with van der Waals surface area (Å²) in [6, 6.07) is 2.40. The molecule has 0 amide bonds. The highest BCUT2D eigenvalue weighted by Gasteiger charge is 2.43. The van der Waals surface area contributed by atoms with E-state index >= 15 is 0 Å². The summed E-state index contributed by atoms with van der Waals surface area (Å²) in [6.45, 7) is 1.01. The summed E-state index contributed by atoms with van der Waals surface area (Å²) in [4.78, 5) is 6.19. The number of halogens is 3. The molecule has 2 aromatic rings. The fraction of sp³-hybridized carbons (Fsp3) is 0.467. The van der Waals surface area contributed by atoms with Gasteiger partial charge in [0.15, 0.2) is 0 Å². The first-order valence-electron chi connectivity index (χ1n) is 7.37. The average Bonchev–Trinajstić information content (AvgIpc) is 2.81. The molecule has 0 saturated carbocycles. The van der Waals surface area contributed by atoms with Crippen molar-refractivity contribution in [3.05, 3.63) is 33.6 Å². The van der Waals surface area contributed by atoms with E-state index in [-0.39, 0.29) is 10.3 Å². The van der Waals surface area contributed by atoms with Gasteiger partial charge in [-0.15, -0.1) is 0 Å². The first-order valence-corrected chi connectivity index (χ1v) is 7.78. The van der Waals surface area contributed by atoms with Crippen LogP contribution in [-0.4, -0.2) is 50.2 Å². The summed E-state index contributed by atoms with van der Waals surface area (Å²) < 4.78 is 44.1. The van der Waals surface area contributed by atoms with Gasteiger partial charge < -0.3 is 25.0 Å². The van der Waals surface area contributed by atoms with Crippen LogP contribution in [0.25, 0.3) is 11.0 Å². The Labute approximate surface area is 144 Å². The van der Waals surface area contributed by atoms with E-state index < -0.39 is 42.9 Å². The Hall–Kier alpha value is -1.59. The number of aryl methyl sites for hydroxylation is 1. The molecule has 0 aliphatic carbocycles. The largest absolute Gasteiger partial charge is 0.433 e. The van der Waals surface area contributed by atoms with Crippen LogP contribution >= 0.6 is 12.2 Å². The second kappa shape index (κ2) is 6.29. The fourth-order valence-electron chi connectivity index (χ4n) is 2.87. The molecule has 136 valence electrons. The molecular weight excluding hydrogens is 361 g/mol. The lowest BCUT2D eigenvalue weighted by molar-refractivity contribution is -0.141. The van der Waals surface area contributed by atoms with Crippen molar-refractivity contribution in [2.75, 3.05) is 6.61 Å². The van der Waals surface area contributed by atoms with Crippen LogP contribution in [0.1, 0.15) is 22.9 Å². The van der Waals surface area contributed by atoms with E-state index in [1.54, 1.807) is 0 Å². The molecule has 3 heterocycles. The highest BCUT2D eigenvalue weighted by Crippen LogP contribution is 2.36. The summed E-state index contributed by atoms with van der Waals surface area (Å²) in [5, 5.41) is 29.5. The zero-order valence-corrected chi connectivity index (χ0v) is 13.7. The fourth-order valence-corrected chi connectivity index (χ4v) is 3.15. The zero-order chi connectivity index (χ0) is 18.5. The van der Waals surface area contributed by atoms with Gasteiger partial charge in [-0.2, -0.15) is 13.2 Å². The van der Waals surface area contributed by atoms with Crippen LogP contribution in [0.5, 0.6) is 0 Å². The molecule has 2 unspecified atom stereocenters. The van der Waals surface area contributed by atoms with E-state index in [2.05, 4.69) is 9.97 Å². The second-order valence-electron chi connectivity index (χ2n) is 5.90. The first-order chi connectivity index (χ1) is 11.6. The molecule has 1 fully saturated rings. The quantitative estimate of drug-likeness (QED) is 0.597. The van der Waals surface area contributed by atoms with Crippen molar-refractivity contribution in [1.82, 2.24) is 9.97 Å². The van der Waals surface area contributed by atoms with Crippen LogP contribution in [0.2, 0.25) is 0 Å². The van der Waals surface area contributed by atoms with Gasteiger partial charge in [-0.05, 0) is 24.6 Å². The topological polar surface area (TPSA) is 98.6 Å². The van der Waals surface area contributed by atoms with Gasteiger partial charge in [0.2, 0.25) is 0 Å². The van der Waals surface area contributed by atoms with Gasteiger partial charge >= 0.3 is 6.18 Å². The van der Waals surface area contributed by atoms with Crippen molar-refractivity contribution < 1.29 is 33.2 Å². The minimum Gasteiger partial charge on any atom is -0.394 e. The van der Waals surface area contributed by atoms with E-state index in [4.69, 9.17) is 22.1 Å². The summed E-state index contributed by atoms with van der Waals surface area (Å²) in [5.41, 5.74) is -0.456. The summed E-state index contributed by atoms with van der Waals surface area (Å²) >= 11 is 5.15. The van der Waals surface area contributed by atoms with E-state index in [0.717, 1.165) is 6.07 Å². The number of nitrogens with zero attached hydrogens (tertiary/aromatic N) is 1. The van der Waals surface area contributed by atoms with Gasteiger partial charge in [0, 0.05) is 10.9 Å². The smallest absolute Gasteiger partial charge is 0.394 e. The predicted octanol–water partition coefficient (Wildman–Crippen LogP) is 1.77. The third kappa shape index (κ3) is 3.15. The van der Waals surface area contributed by atoms with Crippen LogP contribution in [0.4, 0.5) is 13.2 Å². The Bertz CT molecular complexity index is 870. The molecule has 4 atom stereocenters. The van der Waals surface area contributed by atoms with E-state index in [9.17, 15) is 23.4 Å².